The highest BCUT2D eigenvalue weighted by molar-refractivity contribution is 5.83. The summed E-state index contributed by atoms with van der Waals surface area (Å²) < 4.78 is 16.8. The monoisotopic (exact) mass is 362 g/mol. The molecule has 0 amide bonds. The summed E-state index contributed by atoms with van der Waals surface area (Å²) in [6, 6.07) is 0. The van der Waals surface area contributed by atoms with Crippen LogP contribution in [0.3, 0.4) is 0 Å². The molecular weight excluding hydrogens is 336 g/mol. The molecule has 5 N–H and O–H groups in total. The number of hydrogen-bond donors (Lipinski definition) is 5. The summed E-state index contributed by atoms with van der Waals surface area (Å²) in [6.07, 6.45) is -8.35. The van der Waals surface area contributed by atoms with Crippen molar-refractivity contribution in [3.8, 4) is 0 Å². The molecule has 3 fully saturated rings. The number of ketones is 1. The van der Waals surface area contributed by atoms with Crippen molar-refractivity contribution in [2.75, 3.05) is 13.2 Å². The van der Waals surface area contributed by atoms with Crippen LogP contribution in [-0.4, -0.2) is 93.0 Å². The largest absolute Gasteiger partial charge is 0.394 e. The zero-order chi connectivity index (χ0) is 18.5. The fraction of sp³-hybridized carbons (Fsp3) is 0.938. The highest BCUT2D eigenvalue weighted by atomic mass is 16.7. The second-order valence-corrected chi connectivity index (χ2v) is 7.40. The van der Waals surface area contributed by atoms with Crippen molar-refractivity contribution in [2.45, 2.75) is 68.8 Å². The smallest absolute Gasteiger partial charge is 0.187 e. The first-order valence-corrected chi connectivity index (χ1v) is 8.51. The fourth-order valence-electron chi connectivity index (χ4n) is 4.09. The molecule has 9 heteroatoms. The minimum atomic E-state index is -1.57. The van der Waals surface area contributed by atoms with E-state index in [4.69, 9.17) is 14.2 Å². The van der Waals surface area contributed by atoms with Gasteiger partial charge in [0.1, 0.15) is 36.6 Å². The summed E-state index contributed by atoms with van der Waals surface area (Å²) in [5.74, 6) is -0.551. The Hall–Kier alpha value is -0.650. The lowest BCUT2D eigenvalue weighted by atomic mass is 9.83. The molecule has 1 aliphatic carbocycles. The third-order valence-corrected chi connectivity index (χ3v) is 5.88. The van der Waals surface area contributed by atoms with E-state index in [1.165, 1.54) is 0 Å². The predicted octanol–water partition coefficient (Wildman–Crippen LogP) is -2.45. The topological polar surface area (TPSA) is 146 Å². The Kier molecular flexibility index (Phi) is 5.22. The van der Waals surface area contributed by atoms with Gasteiger partial charge in [0.15, 0.2) is 12.1 Å². The fourth-order valence-corrected chi connectivity index (χ4v) is 4.09. The molecule has 3 rings (SSSR count). The van der Waals surface area contributed by atoms with Crippen LogP contribution >= 0.6 is 0 Å². The van der Waals surface area contributed by atoms with Crippen LogP contribution in [0.25, 0.3) is 0 Å². The SMILES string of the molecule is C[C@@H]1C(=O)CO[C@H]2[C@@H]1C[C@H](O)[C@@]2(C)O[C@@H]1O[C@H](CO)[C@@H](O)[C@H](O)[C@H]1O. The van der Waals surface area contributed by atoms with E-state index in [2.05, 4.69) is 0 Å². The number of carbonyl (C=O) groups excluding carboxylic acids is 1. The van der Waals surface area contributed by atoms with Gasteiger partial charge in [0, 0.05) is 11.8 Å². The quantitative estimate of drug-likeness (QED) is 0.369. The molecule has 144 valence electrons. The molecule has 9 nitrogen and oxygen atoms in total. The lowest BCUT2D eigenvalue weighted by Gasteiger charge is -2.45. The highest BCUT2D eigenvalue weighted by Crippen LogP contribution is 2.46. The molecule has 3 aliphatic rings. The zero-order valence-electron chi connectivity index (χ0n) is 14.2. The standard InChI is InChI=1S/C16H26O9/c1-6-7-3-10(19)16(2,14(7)23-5-8(6)18)25-15-13(22)12(21)11(20)9(4-17)24-15/h6-7,9-15,17,19-22H,3-5H2,1-2H3/t6-,7+,9+,10-,11+,12-,13+,14-,15-,16+/m0/s1. The van der Waals surface area contributed by atoms with Crippen molar-refractivity contribution in [2.24, 2.45) is 11.8 Å². The van der Waals surface area contributed by atoms with E-state index in [-0.39, 0.29) is 24.2 Å². The van der Waals surface area contributed by atoms with E-state index in [1.807, 2.05) is 0 Å². The number of fused-ring (bicyclic) bond motifs is 1. The first-order chi connectivity index (χ1) is 11.7. The van der Waals surface area contributed by atoms with Crippen LogP contribution in [0.15, 0.2) is 0 Å². The van der Waals surface area contributed by atoms with Gasteiger partial charge in [0.05, 0.1) is 18.8 Å². The van der Waals surface area contributed by atoms with Crippen LogP contribution in [0.5, 0.6) is 0 Å². The number of carbonyl (C=O) groups is 1. The van der Waals surface area contributed by atoms with Crippen LogP contribution in [0.1, 0.15) is 20.3 Å². The molecule has 2 aliphatic heterocycles. The van der Waals surface area contributed by atoms with Gasteiger partial charge >= 0.3 is 0 Å². The molecule has 2 saturated heterocycles. The Labute approximate surface area is 145 Å². The number of hydrogen-bond acceptors (Lipinski definition) is 9. The molecule has 10 atom stereocenters. The van der Waals surface area contributed by atoms with Gasteiger partial charge in [0.25, 0.3) is 0 Å². The van der Waals surface area contributed by atoms with Crippen LogP contribution in [-0.2, 0) is 19.0 Å². The summed E-state index contributed by atoms with van der Waals surface area (Å²) in [5, 5.41) is 49.7. The highest BCUT2D eigenvalue weighted by Gasteiger charge is 2.60. The van der Waals surface area contributed by atoms with Gasteiger partial charge in [-0.3, -0.25) is 4.79 Å². The van der Waals surface area contributed by atoms with E-state index in [0.717, 1.165) is 0 Å². The average Bonchev–Trinajstić information content (AvgIpc) is 2.83. The second-order valence-electron chi connectivity index (χ2n) is 7.40. The Balaban J connectivity index is 1.80. The summed E-state index contributed by atoms with van der Waals surface area (Å²) >= 11 is 0. The number of aliphatic hydroxyl groups excluding tert-OH is 5. The molecule has 0 unspecified atom stereocenters. The summed E-state index contributed by atoms with van der Waals surface area (Å²) in [7, 11) is 0. The minimum Gasteiger partial charge on any atom is -0.394 e. The molecule has 0 radical (unpaired) electrons. The Bertz CT molecular complexity index is 512. The maximum atomic E-state index is 11.9. The normalized spacial score (nSPS) is 53.7. The zero-order valence-corrected chi connectivity index (χ0v) is 14.2. The van der Waals surface area contributed by atoms with Crippen LogP contribution in [0.2, 0.25) is 0 Å². The Morgan fingerprint density at radius 1 is 1.20 bits per heavy atom. The summed E-state index contributed by atoms with van der Waals surface area (Å²) in [6.45, 7) is 2.74. The van der Waals surface area contributed by atoms with Crippen molar-refractivity contribution >= 4 is 5.78 Å². The van der Waals surface area contributed by atoms with Gasteiger partial charge in [-0.25, -0.2) is 0 Å². The van der Waals surface area contributed by atoms with Crippen molar-refractivity contribution in [1.29, 1.82) is 0 Å². The van der Waals surface area contributed by atoms with Gasteiger partial charge < -0.3 is 39.7 Å². The predicted molar refractivity (Wildman–Crippen MR) is 81.3 cm³/mol. The van der Waals surface area contributed by atoms with Crippen LogP contribution in [0.4, 0.5) is 0 Å². The molecular formula is C16H26O9. The van der Waals surface area contributed by atoms with Gasteiger partial charge in [0.2, 0.25) is 0 Å². The summed E-state index contributed by atoms with van der Waals surface area (Å²) in [5.41, 5.74) is -1.27. The van der Waals surface area contributed by atoms with Crippen LogP contribution in [0, 0.1) is 11.8 Å². The molecule has 0 aromatic carbocycles. The van der Waals surface area contributed by atoms with E-state index in [1.54, 1.807) is 13.8 Å². The number of Topliss-reactive ketones (excluding diaryl/α,β-unsaturated/α-hetero) is 1. The van der Waals surface area contributed by atoms with Crippen molar-refractivity contribution in [3.63, 3.8) is 0 Å². The Morgan fingerprint density at radius 3 is 2.52 bits per heavy atom. The van der Waals surface area contributed by atoms with E-state index < -0.39 is 55.1 Å². The molecule has 0 aromatic rings. The minimum absolute atomic E-state index is 0.0365. The van der Waals surface area contributed by atoms with Gasteiger partial charge in [-0.15, -0.1) is 0 Å². The molecule has 0 aromatic heterocycles. The van der Waals surface area contributed by atoms with Gasteiger partial charge in [-0.2, -0.15) is 0 Å². The Morgan fingerprint density at radius 2 is 1.88 bits per heavy atom. The molecule has 0 bridgehead atoms. The number of rotatable bonds is 3. The van der Waals surface area contributed by atoms with Crippen molar-refractivity contribution < 1.29 is 44.5 Å². The lowest BCUT2D eigenvalue weighted by molar-refractivity contribution is -0.342. The van der Waals surface area contributed by atoms with Gasteiger partial charge in [-0.05, 0) is 13.3 Å². The van der Waals surface area contributed by atoms with E-state index in [9.17, 15) is 30.3 Å². The second kappa shape index (κ2) is 6.82. The van der Waals surface area contributed by atoms with Gasteiger partial charge in [-0.1, -0.05) is 6.92 Å². The molecule has 25 heavy (non-hydrogen) atoms. The number of aliphatic hydroxyl groups is 5. The first kappa shape index (κ1) is 19.1. The third-order valence-electron chi connectivity index (χ3n) is 5.88. The number of ether oxygens (including phenoxy) is 3. The lowest BCUT2D eigenvalue weighted by Crippen LogP contribution is -2.63. The summed E-state index contributed by atoms with van der Waals surface area (Å²) in [4.78, 5) is 11.9. The van der Waals surface area contributed by atoms with Crippen molar-refractivity contribution in [3.05, 3.63) is 0 Å². The van der Waals surface area contributed by atoms with E-state index >= 15 is 0 Å². The van der Waals surface area contributed by atoms with E-state index in [0.29, 0.717) is 6.42 Å². The molecule has 0 spiro atoms. The van der Waals surface area contributed by atoms with Crippen molar-refractivity contribution in [1.82, 2.24) is 0 Å². The molecule has 2 heterocycles. The first-order valence-electron chi connectivity index (χ1n) is 8.51. The average molecular weight is 362 g/mol. The third kappa shape index (κ3) is 3.02. The molecule has 1 saturated carbocycles. The maximum absolute atomic E-state index is 11.9. The van der Waals surface area contributed by atoms with Crippen LogP contribution < -0.4 is 0 Å². The maximum Gasteiger partial charge on any atom is 0.187 e.